The minimum atomic E-state index is -0.516. The molecular formula is C26H23FN4O4. The number of amides is 2. The average molecular weight is 474 g/mol. The largest absolute Gasteiger partial charge is 0.368 e. The Labute approximate surface area is 201 Å². The Morgan fingerprint density at radius 2 is 1.66 bits per heavy atom. The number of non-ortho nitro benzene ring substituents is 1. The molecule has 35 heavy (non-hydrogen) atoms. The molecule has 1 saturated heterocycles. The van der Waals surface area contributed by atoms with Crippen molar-refractivity contribution in [2.24, 2.45) is 0 Å². The molecule has 3 aromatic carbocycles. The lowest BCUT2D eigenvalue weighted by Crippen LogP contribution is -2.49. The Kier molecular flexibility index (Phi) is 7.15. The van der Waals surface area contributed by atoms with E-state index in [0.717, 1.165) is 5.69 Å². The number of piperazine rings is 1. The van der Waals surface area contributed by atoms with Crippen molar-refractivity contribution in [1.29, 1.82) is 0 Å². The van der Waals surface area contributed by atoms with Gasteiger partial charge in [0.25, 0.3) is 11.6 Å². The van der Waals surface area contributed by atoms with Gasteiger partial charge in [-0.3, -0.25) is 19.7 Å². The smallest absolute Gasteiger partial charge is 0.270 e. The van der Waals surface area contributed by atoms with Crippen LogP contribution in [0.2, 0.25) is 0 Å². The van der Waals surface area contributed by atoms with E-state index in [9.17, 15) is 24.1 Å². The first-order valence-electron chi connectivity index (χ1n) is 11.0. The molecule has 3 aromatic rings. The van der Waals surface area contributed by atoms with Gasteiger partial charge in [-0.2, -0.15) is 0 Å². The van der Waals surface area contributed by atoms with Crippen molar-refractivity contribution in [3.8, 4) is 0 Å². The first-order chi connectivity index (χ1) is 16.9. The maximum atomic E-state index is 13.9. The summed E-state index contributed by atoms with van der Waals surface area (Å²) < 4.78 is 13.9. The minimum Gasteiger partial charge on any atom is -0.368 e. The third kappa shape index (κ3) is 5.89. The van der Waals surface area contributed by atoms with Crippen molar-refractivity contribution < 1.29 is 18.9 Å². The number of nitro benzene ring substituents is 1. The Bertz CT molecular complexity index is 1270. The average Bonchev–Trinajstić information content (AvgIpc) is 2.88. The highest BCUT2D eigenvalue weighted by atomic mass is 19.1. The van der Waals surface area contributed by atoms with E-state index in [-0.39, 0.29) is 23.1 Å². The number of hydrogen-bond acceptors (Lipinski definition) is 5. The summed E-state index contributed by atoms with van der Waals surface area (Å²) in [5.74, 6) is -1.18. The zero-order valence-electron chi connectivity index (χ0n) is 18.8. The quantitative estimate of drug-likeness (QED) is 0.326. The summed E-state index contributed by atoms with van der Waals surface area (Å²) in [5, 5.41) is 13.6. The van der Waals surface area contributed by atoms with Crippen LogP contribution in [0.3, 0.4) is 0 Å². The van der Waals surface area contributed by atoms with Crippen LogP contribution in [-0.2, 0) is 4.79 Å². The number of carbonyl (C=O) groups is 2. The SMILES string of the molecule is O=C(/C=C/c1cccc([N+](=O)[O-])c1)Nc1ccc(N2CCN(C(=O)c3ccccc3F)CC2)cc1. The number of hydrogen-bond donors (Lipinski definition) is 1. The summed E-state index contributed by atoms with van der Waals surface area (Å²) in [6.45, 7) is 2.18. The number of nitro groups is 1. The molecule has 4 rings (SSSR count). The third-order valence-corrected chi connectivity index (χ3v) is 5.68. The van der Waals surface area contributed by atoms with Gasteiger partial charge in [0.2, 0.25) is 5.91 Å². The summed E-state index contributed by atoms with van der Waals surface area (Å²) in [6, 6.07) is 19.3. The van der Waals surface area contributed by atoms with Gasteiger partial charge >= 0.3 is 0 Å². The van der Waals surface area contributed by atoms with Gasteiger partial charge in [-0.25, -0.2) is 4.39 Å². The van der Waals surface area contributed by atoms with E-state index < -0.39 is 10.7 Å². The molecule has 0 radical (unpaired) electrons. The Hall–Kier alpha value is -4.53. The standard InChI is InChI=1S/C26H23FN4O4/c27-24-7-2-1-6-23(24)26(33)30-16-14-29(15-17-30)21-11-9-20(10-12-21)28-25(32)13-8-19-4-3-5-22(18-19)31(34)35/h1-13,18H,14-17H2,(H,28,32)/b13-8+. The van der Waals surface area contributed by atoms with Crippen molar-refractivity contribution in [1.82, 2.24) is 4.90 Å². The fraction of sp³-hybridized carbons (Fsp3) is 0.154. The topological polar surface area (TPSA) is 95.8 Å². The lowest BCUT2D eigenvalue weighted by molar-refractivity contribution is -0.384. The van der Waals surface area contributed by atoms with Crippen molar-refractivity contribution in [2.45, 2.75) is 0 Å². The van der Waals surface area contributed by atoms with Gasteiger partial charge in [0.15, 0.2) is 0 Å². The normalized spacial score (nSPS) is 13.6. The fourth-order valence-corrected chi connectivity index (χ4v) is 3.83. The molecule has 0 aromatic heterocycles. The summed E-state index contributed by atoms with van der Waals surface area (Å²) >= 11 is 0. The van der Waals surface area contributed by atoms with Crippen molar-refractivity contribution in [3.63, 3.8) is 0 Å². The van der Waals surface area contributed by atoms with Crippen LogP contribution >= 0.6 is 0 Å². The van der Waals surface area contributed by atoms with Crippen molar-refractivity contribution >= 4 is 35.0 Å². The lowest BCUT2D eigenvalue weighted by atomic mass is 10.1. The molecule has 178 valence electrons. The van der Waals surface area contributed by atoms with Crippen LogP contribution in [0.5, 0.6) is 0 Å². The Morgan fingerprint density at radius 3 is 2.34 bits per heavy atom. The van der Waals surface area contributed by atoms with Crippen molar-refractivity contribution in [2.75, 3.05) is 36.4 Å². The van der Waals surface area contributed by atoms with Gasteiger partial charge in [0.1, 0.15) is 5.82 Å². The van der Waals surface area contributed by atoms with Gasteiger partial charge in [0.05, 0.1) is 10.5 Å². The predicted molar refractivity (Wildman–Crippen MR) is 132 cm³/mol. The monoisotopic (exact) mass is 474 g/mol. The van der Waals surface area contributed by atoms with E-state index in [1.807, 2.05) is 12.1 Å². The molecule has 8 nitrogen and oxygen atoms in total. The van der Waals surface area contributed by atoms with Crippen LogP contribution in [0, 0.1) is 15.9 Å². The molecular weight excluding hydrogens is 451 g/mol. The second kappa shape index (κ2) is 10.6. The summed E-state index contributed by atoms with van der Waals surface area (Å²) in [7, 11) is 0. The van der Waals surface area contributed by atoms with Gasteiger partial charge in [-0.05, 0) is 48.0 Å². The van der Waals surface area contributed by atoms with E-state index in [2.05, 4.69) is 10.2 Å². The summed E-state index contributed by atoms with van der Waals surface area (Å²) in [6.07, 6.45) is 2.83. The summed E-state index contributed by atoms with van der Waals surface area (Å²) in [4.78, 5) is 39.0. The molecule has 2 amide bonds. The van der Waals surface area contributed by atoms with Gasteiger partial charge in [-0.15, -0.1) is 0 Å². The minimum absolute atomic E-state index is 0.0411. The molecule has 0 aliphatic carbocycles. The van der Waals surface area contributed by atoms with Gasteiger partial charge in [0, 0.05) is 55.8 Å². The lowest BCUT2D eigenvalue weighted by Gasteiger charge is -2.36. The molecule has 0 spiro atoms. The molecule has 9 heteroatoms. The van der Waals surface area contributed by atoms with Crippen LogP contribution in [-0.4, -0.2) is 47.8 Å². The molecule has 0 atom stereocenters. The second-order valence-electron chi connectivity index (χ2n) is 7.98. The first kappa shape index (κ1) is 23.6. The van der Waals surface area contributed by atoms with Crippen LogP contribution in [0.1, 0.15) is 15.9 Å². The molecule has 1 heterocycles. The Balaban J connectivity index is 1.30. The van der Waals surface area contributed by atoms with Crippen LogP contribution in [0.4, 0.5) is 21.5 Å². The van der Waals surface area contributed by atoms with E-state index >= 15 is 0 Å². The highest BCUT2D eigenvalue weighted by molar-refractivity contribution is 6.02. The molecule has 0 saturated carbocycles. The van der Waals surface area contributed by atoms with Crippen LogP contribution in [0.25, 0.3) is 6.08 Å². The maximum Gasteiger partial charge on any atom is 0.270 e. The maximum absolute atomic E-state index is 13.9. The van der Waals surface area contributed by atoms with Crippen LogP contribution in [0.15, 0.2) is 78.9 Å². The van der Waals surface area contributed by atoms with E-state index in [0.29, 0.717) is 37.4 Å². The van der Waals surface area contributed by atoms with E-state index in [4.69, 9.17) is 0 Å². The fourth-order valence-electron chi connectivity index (χ4n) is 3.83. The van der Waals surface area contributed by atoms with Crippen molar-refractivity contribution in [3.05, 3.63) is 106 Å². The number of anilines is 2. The van der Waals surface area contributed by atoms with Gasteiger partial charge < -0.3 is 15.1 Å². The number of halogens is 1. The molecule has 1 fully saturated rings. The first-order valence-corrected chi connectivity index (χ1v) is 11.0. The Morgan fingerprint density at radius 1 is 0.943 bits per heavy atom. The molecule has 1 aliphatic heterocycles. The molecule has 0 unspecified atom stereocenters. The number of carbonyl (C=O) groups excluding carboxylic acids is 2. The third-order valence-electron chi connectivity index (χ3n) is 5.68. The van der Waals surface area contributed by atoms with Crippen LogP contribution < -0.4 is 10.2 Å². The molecule has 0 bridgehead atoms. The van der Waals surface area contributed by atoms with E-state index in [1.54, 1.807) is 41.3 Å². The number of nitrogens with one attached hydrogen (secondary N) is 1. The highest BCUT2D eigenvalue weighted by Crippen LogP contribution is 2.21. The predicted octanol–water partition coefficient (Wildman–Crippen LogP) is 4.35. The number of benzene rings is 3. The number of rotatable bonds is 6. The highest BCUT2D eigenvalue weighted by Gasteiger charge is 2.24. The second-order valence-corrected chi connectivity index (χ2v) is 7.98. The molecule has 1 aliphatic rings. The zero-order chi connectivity index (χ0) is 24.8. The summed E-state index contributed by atoms with van der Waals surface area (Å²) in [5.41, 5.74) is 2.16. The number of nitrogens with zero attached hydrogens (tertiary/aromatic N) is 3. The molecule has 1 N–H and O–H groups in total. The van der Waals surface area contributed by atoms with Gasteiger partial charge in [-0.1, -0.05) is 24.3 Å². The van der Waals surface area contributed by atoms with E-state index in [1.165, 1.54) is 36.4 Å². The zero-order valence-corrected chi connectivity index (χ0v) is 18.8.